The normalized spacial score (nSPS) is 15.9. The molecule has 1 fully saturated rings. The first kappa shape index (κ1) is 24.9. The number of hydrogen-bond acceptors (Lipinski definition) is 5. The number of ether oxygens (including phenoxy) is 1. The Morgan fingerprint density at radius 1 is 1.12 bits per heavy atom. The molecule has 3 rings (SSSR count). The summed E-state index contributed by atoms with van der Waals surface area (Å²) in [6, 6.07) is 8.55. The first-order valence-corrected chi connectivity index (χ1v) is 13.9. The maximum absolute atomic E-state index is 11.7. The van der Waals surface area contributed by atoms with Crippen molar-refractivity contribution >= 4 is 20.9 Å². The molecule has 32 heavy (non-hydrogen) atoms. The summed E-state index contributed by atoms with van der Waals surface area (Å²) in [5, 5.41) is 1.16. The van der Waals surface area contributed by atoms with E-state index in [1.807, 2.05) is 19.2 Å². The minimum atomic E-state index is -3.08. The predicted octanol–water partition coefficient (Wildman–Crippen LogP) is 4.53. The number of sulfonamides is 1. The zero-order valence-corrected chi connectivity index (χ0v) is 20.5. The van der Waals surface area contributed by atoms with Crippen LogP contribution in [0, 0.1) is 0 Å². The first-order valence-electron chi connectivity index (χ1n) is 12.2. The molecule has 178 valence electrons. The molecule has 0 unspecified atom stereocenters. The lowest BCUT2D eigenvalue weighted by Crippen LogP contribution is -2.39. The second-order valence-corrected chi connectivity index (χ2v) is 10.8. The number of pyridine rings is 1. The SMILES string of the molecule is CCCCc1cc(OC2CCN(CCCCNS(=O)(=O)CCC)CC2)c2ncccc2c1. The molecule has 1 saturated heterocycles. The summed E-state index contributed by atoms with van der Waals surface area (Å²) in [6.07, 6.45) is 10.1. The molecule has 7 heteroatoms. The van der Waals surface area contributed by atoms with Crippen LogP contribution >= 0.6 is 0 Å². The van der Waals surface area contributed by atoms with Gasteiger partial charge in [0.25, 0.3) is 0 Å². The minimum absolute atomic E-state index is 0.215. The molecule has 1 aromatic carbocycles. The first-order chi connectivity index (χ1) is 15.5. The summed E-state index contributed by atoms with van der Waals surface area (Å²) in [5.41, 5.74) is 2.29. The van der Waals surface area contributed by atoms with Crippen molar-refractivity contribution in [2.75, 3.05) is 31.9 Å². The van der Waals surface area contributed by atoms with E-state index in [4.69, 9.17) is 4.74 Å². The zero-order chi connectivity index (χ0) is 22.8. The number of benzene rings is 1. The third-order valence-electron chi connectivity index (χ3n) is 6.07. The van der Waals surface area contributed by atoms with E-state index in [0.29, 0.717) is 13.0 Å². The molecule has 0 bridgehead atoms. The Hall–Kier alpha value is -1.70. The Kier molecular flexibility index (Phi) is 9.75. The fourth-order valence-corrected chi connectivity index (χ4v) is 5.43. The van der Waals surface area contributed by atoms with Crippen LogP contribution in [-0.4, -0.2) is 56.3 Å². The Labute approximate surface area is 193 Å². The monoisotopic (exact) mass is 461 g/mol. The molecule has 1 aliphatic heterocycles. The van der Waals surface area contributed by atoms with E-state index in [9.17, 15) is 8.42 Å². The van der Waals surface area contributed by atoms with E-state index in [0.717, 1.165) is 68.4 Å². The third kappa shape index (κ3) is 7.71. The molecule has 0 amide bonds. The Bertz CT molecular complexity index is 941. The average Bonchev–Trinajstić information content (AvgIpc) is 2.78. The number of fused-ring (bicyclic) bond motifs is 1. The fraction of sp³-hybridized carbons (Fsp3) is 0.640. The maximum Gasteiger partial charge on any atom is 0.211 e. The van der Waals surface area contributed by atoms with Gasteiger partial charge in [-0.1, -0.05) is 26.3 Å². The number of nitrogens with one attached hydrogen (secondary N) is 1. The predicted molar refractivity (Wildman–Crippen MR) is 132 cm³/mol. The molecule has 0 saturated carbocycles. The van der Waals surface area contributed by atoms with Gasteiger partial charge in [-0.05, 0) is 75.3 Å². The number of nitrogens with zero attached hydrogens (tertiary/aromatic N) is 2. The summed E-state index contributed by atoms with van der Waals surface area (Å²) in [6.45, 7) is 7.70. The molecule has 6 nitrogen and oxygen atoms in total. The topological polar surface area (TPSA) is 71.5 Å². The van der Waals surface area contributed by atoms with Crippen molar-refractivity contribution in [2.24, 2.45) is 0 Å². The smallest absolute Gasteiger partial charge is 0.211 e. The van der Waals surface area contributed by atoms with Gasteiger partial charge in [-0.2, -0.15) is 0 Å². The second kappa shape index (κ2) is 12.5. The number of piperidine rings is 1. The van der Waals surface area contributed by atoms with E-state index in [1.165, 1.54) is 18.4 Å². The number of likely N-dealkylation sites (tertiary alicyclic amines) is 1. The van der Waals surface area contributed by atoms with Gasteiger partial charge in [0.2, 0.25) is 10.0 Å². The van der Waals surface area contributed by atoms with Gasteiger partial charge in [-0.15, -0.1) is 0 Å². The average molecular weight is 462 g/mol. The van der Waals surface area contributed by atoms with E-state index >= 15 is 0 Å². The highest BCUT2D eigenvalue weighted by atomic mass is 32.2. The highest BCUT2D eigenvalue weighted by molar-refractivity contribution is 7.89. The van der Waals surface area contributed by atoms with Crippen molar-refractivity contribution in [3.05, 3.63) is 36.0 Å². The van der Waals surface area contributed by atoms with Crippen LogP contribution in [0.5, 0.6) is 5.75 Å². The molecular weight excluding hydrogens is 422 g/mol. The maximum atomic E-state index is 11.7. The van der Waals surface area contributed by atoms with Crippen LogP contribution in [0.4, 0.5) is 0 Å². The lowest BCUT2D eigenvalue weighted by atomic mass is 10.0. The lowest BCUT2D eigenvalue weighted by molar-refractivity contribution is 0.101. The molecule has 2 aromatic rings. The molecule has 0 atom stereocenters. The van der Waals surface area contributed by atoms with Gasteiger partial charge < -0.3 is 9.64 Å². The molecule has 1 N–H and O–H groups in total. The lowest BCUT2D eigenvalue weighted by Gasteiger charge is -2.32. The number of rotatable bonds is 13. The van der Waals surface area contributed by atoms with Crippen LogP contribution in [-0.2, 0) is 16.4 Å². The molecular formula is C25H39N3O3S. The largest absolute Gasteiger partial charge is 0.488 e. The summed E-state index contributed by atoms with van der Waals surface area (Å²) in [5.74, 6) is 1.14. The minimum Gasteiger partial charge on any atom is -0.488 e. The zero-order valence-electron chi connectivity index (χ0n) is 19.7. The van der Waals surface area contributed by atoms with Crippen LogP contribution in [0.25, 0.3) is 10.9 Å². The summed E-state index contributed by atoms with van der Waals surface area (Å²) in [4.78, 5) is 7.05. The van der Waals surface area contributed by atoms with Gasteiger partial charge in [0.05, 0.1) is 5.75 Å². The Morgan fingerprint density at radius 3 is 2.69 bits per heavy atom. The Morgan fingerprint density at radius 2 is 1.94 bits per heavy atom. The third-order valence-corrected chi connectivity index (χ3v) is 7.66. The molecule has 0 aliphatic carbocycles. The van der Waals surface area contributed by atoms with Crippen LogP contribution < -0.4 is 9.46 Å². The molecule has 2 heterocycles. The standard InChI is InChI=1S/C25H39N3O3S/c1-3-5-9-21-19-22-10-8-13-26-25(22)24(20-21)31-23-11-16-28(17-12-23)15-7-6-14-27-32(29,30)18-4-2/h8,10,13,19-20,23,27H,3-7,9,11-12,14-18H2,1-2H3. The van der Waals surface area contributed by atoms with E-state index in [1.54, 1.807) is 0 Å². The van der Waals surface area contributed by atoms with Crippen molar-refractivity contribution in [3.8, 4) is 5.75 Å². The molecule has 0 radical (unpaired) electrons. The molecule has 0 spiro atoms. The highest BCUT2D eigenvalue weighted by Crippen LogP contribution is 2.29. The van der Waals surface area contributed by atoms with Crippen molar-refractivity contribution in [2.45, 2.75) is 71.3 Å². The van der Waals surface area contributed by atoms with Crippen molar-refractivity contribution in [1.29, 1.82) is 0 Å². The quantitative estimate of drug-likeness (QED) is 0.444. The second-order valence-electron chi connectivity index (χ2n) is 8.85. The summed E-state index contributed by atoms with van der Waals surface area (Å²) >= 11 is 0. The van der Waals surface area contributed by atoms with Crippen molar-refractivity contribution < 1.29 is 13.2 Å². The van der Waals surface area contributed by atoms with Crippen LogP contribution in [0.2, 0.25) is 0 Å². The highest BCUT2D eigenvalue weighted by Gasteiger charge is 2.21. The fourth-order valence-electron chi connectivity index (χ4n) is 4.29. The molecule has 1 aromatic heterocycles. The number of aromatic nitrogens is 1. The Balaban J connectivity index is 1.45. The van der Waals surface area contributed by atoms with Gasteiger partial charge in [0, 0.05) is 31.2 Å². The van der Waals surface area contributed by atoms with E-state index in [2.05, 4.69) is 39.7 Å². The van der Waals surface area contributed by atoms with Gasteiger partial charge >= 0.3 is 0 Å². The van der Waals surface area contributed by atoms with Crippen LogP contribution in [0.15, 0.2) is 30.5 Å². The van der Waals surface area contributed by atoms with Gasteiger partial charge in [-0.25, -0.2) is 13.1 Å². The summed E-state index contributed by atoms with van der Waals surface area (Å²) < 4.78 is 32.6. The summed E-state index contributed by atoms with van der Waals surface area (Å²) in [7, 11) is -3.08. The van der Waals surface area contributed by atoms with Crippen molar-refractivity contribution in [1.82, 2.24) is 14.6 Å². The number of hydrogen-bond donors (Lipinski definition) is 1. The van der Waals surface area contributed by atoms with E-state index in [-0.39, 0.29) is 11.9 Å². The molecule has 1 aliphatic rings. The van der Waals surface area contributed by atoms with Gasteiger partial charge in [-0.3, -0.25) is 4.98 Å². The van der Waals surface area contributed by atoms with Crippen molar-refractivity contribution in [3.63, 3.8) is 0 Å². The van der Waals surface area contributed by atoms with Gasteiger partial charge in [0.15, 0.2) is 0 Å². The van der Waals surface area contributed by atoms with Crippen LogP contribution in [0.3, 0.4) is 0 Å². The number of unbranched alkanes of at least 4 members (excludes halogenated alkanes) is 2. The number of aryl methyl sites for hydroxylation is 1. The van der Waals surface area contributed by atoms with Gasteiger partial charge in [0.1, 0.15) is 17.4 Å². The van der Waals surface area contributed by atoms with E-state index < -0.39 is 10.0 Å². The van der Waals surface area contributed by atoms with Crippen LogP contribution in [0.1, 0.15) is 64.4 Å².